The zero-order valence-electron chi connectivity index (χ0n) is 13.5. The molecule has 10 heteroatoms. The van der Waals surface area contributed by atoms with Crippen LogP contribution >= 0.6 is 0 Å². The second-order valence-corrected chi connectivity index (χ2v) is 5.68. The van der Waals surface area contributed by atoms with Crippen LogP contribution in [-0.4, -0.2) is 42.2 Å². The van der Waals surface area contributed by atoms with Crippen LogP contribution in [0.2, 0.25) is 0 Å². The van der Waals surface area contributed by atoms with Gasteiger partial charge in [-0.05, 0) is 35.5 Å². The highest BCUT2D eigenvalue weighted by atomic mass is 16.2. The number of amides is 2. The van der Waals surface area contributed by atoms with E-state index in [2.05, 4.69) is 31.0 Å². The number of aromatic amines is 1. The number of allylic oxidation sites excluding steroid dienone is 1. The lowest BCUT2D eigenvalue weighted by Crippen LogP contribution is -2.37. The van der Waals surface area contributed by atoms with E-state index in [-0.39, 0.29) is 18.4 Å². The van der Waals surface area contributed by atoms with Gasteiger partial charge in [-0.1, -0.05) is 5.10 Å². The van der Waals surface area contributed by atoms with Crippen LogP contribution in [0.4, 0.5) is 11.6 Å². The third kappa shape index (κ3) is 2.43. The van der Waals surface area contributed by atoms with Crippen LogP contribution in [0.5, 0.6) is 0 Å². The number of carbonyl (C=O) groups excluding carboxylic acids is 2. The molecule has 0 spiro atoms. The molecule has 0 saturated heterocycles. The first kappa shape index (κ1) is 15.0. The molecule has 3 heterocycles. The monoisotopic (exact) mass is 338 g/mol. The first-order chi connectivity index (χ1) is 12.0. The quantitative estimate of drug-likeness (QED) is 0.714. The van der Waals surface area contributed by atoms with Crippen molar-refractivity contribution in [1.82, 2.24) is 30.4 Å². The molecule has 1 aromatic carbocycles. The van der Waals surface area contributed by atoms with Crippen molar-refractivity contribution in [2.24, 2.45) is 0 Å². The molecule has 2 amide bonds. The molecule has 25 heavy (non-hydrogen) atoms. The lowest BCUT2D eigenvalue weighted by Gasteiger charge is -2.27. The van der Waals surface area contributed by atoms with Crippen molar-refractivity contribution in [2.45, 2.75) is 20.4 Å². The Morgan fingerprint density at radius 3 is 2.96 bits per heavy atom. The van der Waals surface area contributed by atoms with Gasteiger partial charge in [-0.25, -0.2) is 4.68 Å². The second-order valence-electron chi connectivity index (χ2n) is 5.68. The van der Waals surface area contributed by atoms with Gasteiger partial charge in [-0.3, -0.25) is 19.6 Å². The van der Waals surface area contributed by atoms with Crippen molar-refractivity contribution in [1.29, 1.82) is 0 Å². The third-order valence-corrected chi connectivity index (χ3v) is 4.08. The number of H-pyrrole nitrogens is 1. The summed E-state index contributed by atoms with van der Waals surface area (Å²) in [4.78, 5) is 26.0. The highest BCUT2D eigenvalue weighted by molar-refractivity contribution is 6.07. The van der Waals surface area contributed by atoms with Gasteiger partial charge in [-0.15, -0.1) is 0 Å². The van der Waals surface area contributed by atoms with Gasteiger partial charge in [0.05, 0.1) is 23.8 Å². The maximum Gasteiger partial charge on any atom is 0.256 e. The van der Waals surface area contributed by atoms with Gasteiger partial charge in [0.25, 0.3) is 11.9 Å². The number of nitrogens with zero attached hydrogens (tertiary/aromatic N) is 6. The van der Waals surface area contributed by atoms with E-state index in [1.165, 1.54) is 16.5 Å². The fourth-order valence-corrected chi connectivity index (χ4v) is 2.85. The molecule has 0 radical (unpaired) electrons. The zero-order chi connectivity index (χ0) is 17.6. The van der Waals surface area contributed by atoms with Crippen LogP contribution in [0, 0.1) is 0 Å². The Bertz CT molecular complexity index is 1030. The molecule has 10 nitrogen and oxygen atoms in total. The number of hydrogen-bond acceptors (Lipinski definition) is 6. The molecule has 0 unspecified atom stereocenters. The SMILES string of the molecule is CC(=O)N1C(C)=C(C(=O)Nc2ccc3[nH]ncc3c2)Cn2nnnc21. The molecule has 0 aliphatic carbocycles. The average Bonchev–Trinajstić information content (AvgIpc) is 3.21. The third-order valence-electron chi connectivity index (χ3n) is 4.08. The molecule has 126 valence electrons. The number of aromatic nitrogens is 6. The summed E-state index contributed by atoms with van der Waals surface area (Å²) in [6.07, 6.45) is 1.68. The molecular formula is C15H14N8O2. The largest absolute Gasteiger partial charge is 0.322 e. The summed E-state index contributed by atoms with van der Waals surface area (Å²) in [6.45, 7) is 3.29. The first-order valence-corrected chi connectivity index (χ1v) is 7.55. The molecule has 4 rings (SSSR count). The van der Waals surface area contributed by atoms with E-state index in [1.807, 2.05) is 12.1 Å². The Morgan fingerprint density at radius 1 is 1.32 bits per heavy atom. The molecule has 2 aromatic heterocycles. The van der Waals surface area contributed by atoms with Crippen LogP contribution in [0.25, 0.3) is 10.9 Å². The maximum atomic E-state index is 12.7. The Hall–Kier alpha value is -3.56. The number of benzene rings is 1. The Kier molecular flexibility index (Phi) is 3.31. The smallest absolute Gasteiger partial charge is 0.256 e. The number of hydrogen-bond donors (Lipinski definition) is 2. The Balaban J connectivity index is 1.66. The lowest BCUT2D eigenvalue weighted by atomic mass is 10.1. The number of anilines is 2. The van der Waals surface area contributed by atoms with Crippen molar-refractivity contribution < 1.29 is 9.59 Å². The predicted molar refractivity (Wildman–Crippen MR) is 88.4 cm³/mol. The molecule has 3 aromatic rings. The molecule has 0 bridgehead atoms. The predicted octanol–water partition coefficient (Wildman–Crippen LogP) is 0.829. The van der Waals surface area contributed by atoms with E-state index in [0.717, 1.165) is 10.9 Å². The van der Waals surface area contributed by atoms with Gasteiger partial charge in [-0.2, -0.15) is 5.10 Å². The Morgan fingerprint density at radius 2 is 2.16 bits per heavy atom. The standard InChI is InChI=1S/C15H14N8O2/c1-8-12(7-22-15(19-20-21-22)23(8)9(2)24)14(25)17-11-3-4-13-10(5-11)6-16-18-13/h3-6H,7H2,1-2H3,(H,16,18)(H,17,25). The van der Waals surface area contributed by atoms with E-state index < -0.39 is 0 Å². The fourth-order valence-electron chi connectivity index (χ4n) is 2.85. The summed E-state index contributed by atoms with van der Waals surface area (Å²) < 4.78 is 1.42. The van der Waals surface area contributed by atoms with E-state index in [4.69, 9.17) is 0 Å². The number of nitrogens with one attached hydrogen (secondary N) is 2. The van der Waals surface area contributed by atoms with Crippen molar-refractivity contribution in [3.05, 3.63) is 35.7 Å². The van der Waals surface area contributed by atoms with Crippen LogP contribution < -0.4 is 10.2 Å². The topological polar surface area (TPSA) is 122 Å². The maximum absolute atomic E-state index is 12.7. The van der Waals surface area contributed by atoms with Crippen LogP contribution in [0.3, 0.4) is 0 Å². The normalized spacial score (nSPS) is 13.9. The fraction of sp³-hybridized carbons (Fsp3) is 0.200. The van der Waals surface area contributed by atoms with E-state index in [1.54, 1.807) is 19.2 Å². The van der Waals surface area contributed by atoms with Crippen molar-refractivity contribution in [3.63, 3.8) is 0 Å². The lowest BCUT2D eigenvalue weighted by molar-refractivity contribution is -0.116. The summed E-state index contributed by atoms with van der Waals surface area (Å²) in [5.74, 6) is -0.271. The van der Waals surface area contributed by atoms with Gasteiger partial charge in [0.2, 0.25) is 5.91 Å². The van der Waals surface area contributed by atoms with Crippen molar-refractivity contribution >= 4 is 34.4 Å². The number of rotatable bonds is 2. The molecular weight excluding hydrogens is 324 g/mol. The number of carbonyl (C=O) groups is 2. The molecule has 1 aliphatic rings. The molecule has 2 N–H and O–H groups in total. The van der Waals surface area contributed by atoms with Crippen LogP contribution in [-0.2, 0) is 16.1 Å². The van der Waals surface area contributed by atoms with Crippen LogP contribution in [0.15, 0.2) is 35.7 Å². The summed E-state index contributed by atoms with van der Waals surface area (Å²) >= 11 is 0. The number of fused-ring (bicyclic) bond motifs is 2. The number of tetrazole rings is 1. The van der Waals surface area contributed by atoms with Gasteiger partial charge in [0, 0.05) is 23.7 Å². The summed E-state index contributed by atoms with van der Waals surface area (Å²) in [7, 11) is 0. The average molecular weight is 338 g/mol. The van der Waals surface area contributed by atoms with Crippen LogP contribution in [0.1, 0.15) is 13.8 Å². The van der Waals surface area contributed by atoms with E-state index in [9.17, 15) is 9.59 Å². The summed E-state index contributed by atoms with van der Waals surface area (Å²) in [6, 6.07) is 5.43. The highest BCUT2D eigenvalue weighted by Crippen LogP contribution is 2.26. The highest BCUT2D eigenvalue weighted by Gasteiger charge is 2.31. The Labute approximate surface area is 141 Å². The zero-order valence-corrected chi connectivity index (χ0v) is 13.5. The molecule has 0 atom stereocenters. The van der Waals surface area contributed by atoms with Gasteiger partial charge in [0.1, 0.15) is 0 Å². The second kappa shape index (κ2) is 5.51. The molecule has 0 fully saturated rings. The molecule has 1 aliphatic heterocycles. The van der Waals surface area contributed by atoms with Gasteiger partial charge in [0.15, 0.2) is 0 Å². The summed E-state index contributed by atoms with van der Waals surface area (Å²) in [5, 5.41) is 21.8. The van der Waals surface area contributed by atoms with Crippen molar-refractivity contribution in [2.75, 3.05) is 10.2 Å². The minimum Gasteiger partial charge on any atom is -0.322 e. The minimum atomic E-state index is -0.312. The van der Waals surface area contributed by atoms with E-state index in [0.29, 0.717) is 22.9 Å². The molecule has 0 saturated carbocycles. The summed E-state index contributed by atoms with van der Waals surface area (Å²) in [5.41, 5.74) is 2.45. The van der Waals surface area contributed by atoms with Gasteiger partial charge < -0.3 is 5.32 Å². The van der Waals surface area contributed by atoms with Gasteiger partial charge >= 0.3 is 0 Å². The minimum absolute atomic E-state index is 0.192. The van der Waals surface area contributed by atoms with Crippen molar-refractivity contribution in [3.8, 4) is 0 Å². The first-order valence-electron chi connectivity index (χ1n) is 7.55. The van der Waals surface area contributed by atoms with E-state index >= 15 is 0 Å².